The Kier molecular flexibility index (Phi) is 11.7. The summed E-state index contributed by atoms with van der Waals surface area (Å²) in [6.45, 7) is 5.75. The number of nitrogens with zero attached hydrogens (tertiary/aromatic N) is 1. The molecule has 0 amide bonds. The van der Waals surface area contributed by atoms with Crippen LogP contribution in [0, 0.1) is 6.92 Å². The van der Waals surface area contributed by atoms with E-state index in [4.69, 9.17) is 0 Å². The summed E-state index contributed by atoms with van der Waals surface area (Å²) in [6, 6.07) is 8.19. The number of likely N-dealkylation sites (N-methyl/N-ethyl adjacent to an activating group) is 1. The molecule has 0 saturated heterocycles. The first kappa shape index (κ1) is 28.1. The van der Waals surface area contributed by atoms with Gasteiger partial charge in [0.1, 0.15) is 0 Å². The van der Waals surface area contributed by atoms with E-state index >= 15 is 0 Å². The van der Waals surface area contributed by atoms with E-state index in [1.807, 2.05) is 31.1 Å². The molecule has 1 aliphatic rings. The van der Waals surface area contributed by atoms with Crippen LogP contribution < -0.4 is 5.56 Å². The fourth-order valence-electron chi connectivity index (χ4n) is 1.91. The summed E-state index contributed by atoms with van der Waals surface area (Å²) in [5.74, 6) is 0. The van der Waals surface area contributed by atoms with Crippen molar-refractivity contribution in [2.24, 2.45) is 0 Å². The van der Waals surface area contributed by atoms with Crippen LogP contribution in [-0.2, 0) is 14.3 Å². The number of halogens is 4. The lowest BCUT2D eigenvalue weighted by atomic mass is 10.2. The number of rotatable bonds is 2. The van der Waals surface area contributed by atoms with Gasteiger partial charge in [0.2, 0.25) is 0 Å². The third-order valence-corrected chi connectivity index (χ3v) is 7.09. The second-order valence-corrected chi connectivity index (χ2v) is 11.2. The Labute approximate surface area is 215 Å². The molecule has 168 valence electrons. The molecule has 11 heteroatoms. The van der Waals surface area contributed by atoms with Crippen molar-refractivity contribution in [2.45, 2.75) is 11.8 Å². The third-order valence-electron chi connectivity index (χ3n) is 3.63. The van der Waals surface area contributed by atoms with E-state index < -0.39 is 10.1 Å². The Bertz CT molecular complexity index is 1140. The highest BCUT2D eigenvalue weighted by atomic mass is 79.9. The van der Waals surface area contributed by atoms with Crippen LogP contribution in [0.5, 0.6) is 0 Å². The Morgan fingerprint density at radius 3 is 2.13 bits per heavy atom. The number of aromatic nitrogens is 1. The van der Waals surface area contributed by atoms with Crippen LogP contribution in [0.4, 0.5) is 0 Å². The standard InChI is InChI=1S/C8H10O3S.C7H7Br2N.C5H3Br2NO/c1-7-3-5-8(6-4-7)12(9,10)11-2;1-5-7(9)3-6(8)4-10(5)2;6-3-1-4(7)5(9)8-2-3/h3-6H,1-2H3;3-4H,1H2,2H3;1-2H,(H,8,9). The van der Waals surface area contributed by atoms with E-state index in [9.17, 15) is 13.2 Å². The molecule has 6 nitrogen and oxygen atoms in total. The van der Waals surface area contributed by atoms with Gasteiger partial charge in [-0.2, -0.15) is 8.42 Å². The minimum atomic E-state index is -3.51. The van der Waals surface area contributed by atoms with Crippen molar-refractivity contribution in [1.82, 2.24) is 9.88 Å². The number of H-pyrrole nitrogens is 1. The van der Waals surface area contributed by atoms with Gasteiger partial charge in [-0.25, -0.2) is 0 Å². The van der Waals surface area contributed by atoms with Crippen molar-refractivity contribution >= 4 is 73.8 Å². The zero-order chi connectivity index (χ0) is 23.8. The fourth-order valence-corrected chi connectivity index (χ4v) is 4.95. The predicted octanol–water partition coefficient (Wildman–Crippen LogP) is 6.19. The second-order valence-electron chi connectivity index (χ2n) is 5.99. The van der Waals surface area contributed by atoms with Crippen LogP contribution in [-0.4, -0.2) is 32.5 Å². The summed E-state index contributed by atoms with van der Waals surface area (Å²) in [4.78, 5) is 15.3. The van der Waals surface area contributed by atoms with Gasteiger partial charge in [0, 0.05) is 38.6 Å². The molecule has 0 unspecified atom stereocenters. The lowest BCUT2D eigenvalue weighted by molar-refractivity contribution is 0.398. The van der Waals surface area contributed by atoms with Gasteiger partial charge in [-0.15, -0.1) is 0 Å². The molecule has 2 aromatic rings. The Morgan fingerprint density at radius 1 is 1.10 bits per heavy atom. The molecule has 1 aromatic carbocycles. The number of nitrogens with one attached hydrogen (secondary N) is 1. The van der Waals surface area contributed by atoms with Gasteiger partial charge in [0.25, 0.3) is 15.7 Å². The molecule has 0 atom stereocenters. The molecular formula is C20H20Br4N2O4S. The molecule has 0 radical (unpaired) electrons. The van der Waals surface area contributed by atoms with Gasteiger partial charge in [0.15, 0.2) is 0 Å². The van der Waals surface area contributed by atoms with Crippen molar-refractivity contribution in [3.8, 4) is 0 Å². The summed E-state index contributed by atoms with van der Waals surface area (Å²) < 4.78 is 30.0. The first-order chi connectivity index (χ1) is 14.4. The number of aryl methyl sites for hydroxylation is 1. The first-order valence-corrected chi connectivity index (χ1v) is 13.0. The Hall–Kier alpha value is -0.980. The average Bonchev–Trinajstić information content (AvgIpc) is 2.70. The molecular weight excluding hydrogens is 684 g/mol. The zero-order valence-electron chi connectivity index (χ0n) is 16.8. The SMILES string of the molecule is C=C1C(Br)=CC(Br)=CN1C.COS(=O)(=O)c1ccc(C)cc1.O=c1[nH]cc(Br)cc1Br. The largest absolute Gasteiger partial charge is 0.349 e. The number of benzene rings is 1. The van der Waals surface area contributed by atoms with Crippen molar-refractivity contribution in [3.63, 3.8) is 0 Å². The monoisotopic (exact) mass is 700 g/mol. The van der Waals surface area contributed by atoms with Crippen molar-refractivity contribution in [1.29, 1.82) is 0 Å². The molecule has 3 rings (SSSR count). The zero-order valence-corrected chi connectivity index (χ0v) is 24.0. The molecule has 1 aliphatic heterocycles. The van der Waals surface area contributed by atoms with Crippen molar-refractivity contribution in [3.05, 3.63) is 94.9 Å². The normalized spacial score (nSPS) is 13.3. The lowest BCUT2D eigenvalue weighted by Crippen LogP contribution is -2.12. The van der Waals surface area contributed by atoms with Gasteiger partial charge >= 0.3 is 0 Å². The van der Waals surface area contributed by atoms with Crippen LogP contribution >= 0.6 is 63.7 Å². The maximum Gasteiger partial charge on any atom is 0.296 e. The summed E-state index contributed by atoms with van der Waals surface area (Å²) >= 11 is 13.0. The molecule has 0 spiro atoms. The van der Waals surface area contributed by atoms with Gasteiger partial charge in [-0.3, -0.25) is 8.98 Å². The summed E-state index contributed by atoms with van der Waals surface area (Å²) in [5.41, 5.74) is 1.88. The quantitative estimate of drug-likeness (QED) is 0.378. The third kappa shape index (κ3) is 9.58. The van der Waals surface area contributed by atoms with Gasteiger partial charge in [0.05, 0.1) is 16.5 Å². The minimum absolute atomic E-state index is 0.113. The van der Waals surface area contributed by atoms with Gasteiger partial charge in [-0.1, -0.05) is 24.3 Å². The average molecular weight is 704 g/mol. The van der Waals surface area contributed by atoms with E-state index in [1.54, 1.807) is 24.4 Å². The highest BCUT2D eigenvalue weighted by molar-refractivity contribution is 9.12. The van der Waals surface area contributed by atoms with Crippen LogP contribution in [0.25, 0.3) is 0 Å². The topological polar surface area (TPSA) is 79.5 Å². The summed E-state index contributed by atoms with van der Waals surface area (Å²) in [6.07, 6.45) is 5.53. The van der Waals surface area contributed by atoms with Gasteiger partial charge in [-0.05, 0) is 94.9 Å². The van der Waals surface area contributed by atoms with Crippen molar-refractivity contribution < 1.29 is 12.6 Å². The molecule has 2 heterocycles. The second kappa shape index (κ2) is 12.9. The lowest BCUT2D eigenvalue weighted by Gasteiger charge is -2.20. The van der Waals surface area contributed by atoms with E-state index in [0.717, 1.165) is 31.8 Å². The van der Waals surface area contributed by atoms with E-state index in [1.165, 1.54) is 12.1 Å². The predicted molar refractivity (Wildman–Crippen MR) is 139 cm³/mol. The van der Waals surface area contributed by atoms with Gasteiger partial charge < -0.3 is 9.88 Å². The van der Waals surface area contributed by atoms with E-state index in [0.29, 0.717) is 4.47 Å². The molecule has 1 N–H and O–H groups in total. The Morgan fingerprint density at radius 2 is 1.68 bits per heavy atom. The van der Waals surface area contributed by atoms with Crippen LogP contribution in [0.2, 0.25) is 0 Å². The molecule has 0 saturated carbocycles. The number of hydrogen-bond donors (Lipinski definition) is 1. The molecule has 0 bridgehead atoms. The minimum Gasteiger partial charge on any atom is -0.349 e. The Balaban J connectivity index is 0.000000235. The number of hydrogen-bond acceptors (Lipinski definition) is 5. The maximum atomic E-state index is 11.1. The first-order valence-electron chi connectivity index (χ1n) is 8.45. The molecule has 31 heavy (non-hydrogen) atoms. The number of pyridine rings is 1. The summed E-state index contributed by atoms with van der Waals surface area (Å²) in [7, 11) is -0.411. The van der Waals surface area contributed by atoms with Crippen LogP contribution in [0.3, 0.4) is 0 Å². The molecule has 1 aromatic heterocycles. The number of allylic oxidation sites excluding steroid dienone is 3. The fraction of sp³-hybridized carbons (Fsp3) is 0.150. The molecule has 0 fully saturated rings. The smallest absolute Gasteiger partial charge is 0.296 e. The molecule has 0 aliphatic carbocycles. The highest BCUT2D eigenvalue weighted by Crippen LogP contribution is 2.27. The summed E-state index contributed by atoms with van der Waals surface area (Å²) in [5, 5.41) is 0. The van der Waals surface area contributed by atoms with E-state index in [-0.39, 0.29) is 10.5 Å². The van der Waals surface area contributed by atoms with Crippen molar-refractivity contribution in [2.75, 3.05) is 14.2 Å². The van der Waals surface area contributed by atoms with Crippen LogP contribution in [0.15, 0.2) is 88.7 Å². The highest BCUT2D eigenvalue weighted by Gasteiger charge is 2.11. The number of aromatic amines is 1. The maximum absolute atomic E-state index is 11.1. The van der Waals surface area contributed by atoms with Crippen LogP contribution in [0.1, 0.15) is 5.56 Å². The van der Waals surface area contributed by atoms with E-state index in [2.05, 4.69) is 79.5 Å².